The summed E-state index contributed by atoms with van der Waals surface area (Å²) in [6, 6.07) is 18.3. The van der Waals surface area contributed by atoms with Gasteiger partial charge in [-0.1, -0.05) is 56.3 Å². The van der Waals surface area contributed by atoms with Gasteiger partial charge in [0.2, 0.25) is 5.91 Å². The molecule has 170 valence electrons. The van der Waals surface area contributed by atoms with E-state index in [9.17, 15) is 15.2 Å². The van der Waals surface area contributed by atoms with E-state index >= 15 is 0 Å². The van der Waals surface area contributed by atoms with Crippen LogP contribution in [-0.4, -0.2) is 22.7 Å². The van der Waals surface area contributed by atoms with Crippen LogP contribution in [-0.2, 0) is 4.79 Å². The number of hydrogen-bond acceptors (Lipinski definition) is 4. The molecule has 3 unspecified atom stereocenters. The Hall–Kier alpha value is -2.84. The highest BCUT2D eigenvalue weighted by atomic mass is 16.5. The average molecular weight is 435 g/mol. The van der Waals surface area contributed by atoms with E-state index in [2.05, 4.69) is 25.2 Å². The maximum absolute atomic E-state index is 13.1. The minimum Gasteiger partial charge on any atom is -0.490 e. The minimum absolute atomic E-state index is 0.0678. The van der Waals surface area contributed by atoms with Crippen molar-refractivity contribution >= 4 is 5.91 Å². The topological polar surface area (TPSA) is 82.4 Å². The first kappa shape index (κ1) is 23.8. The lowest BCUT2D eigenvalue weighted by Gasteiger charge is -2.32. The summed E-state index contributed by atoms with van der Waals surface area (Å²) in [7, 11) is 0. The molecule has 1 aliphatic rings. The van der Waals surface area contributed by atoms with E-state index in [4.69, 9.17) is 4.74 Å². The van der Waals surface area contributed by atoms with Crippen LogP contribution in [0, 0.1) is 16.7 Å². The molecule has 0 bridgehead atoms. The summed E-state index contributed by atoms with van der Waals surface area (Å²) in [5, 5.41) is 23.0. The van der Waals surface area contributed by atoms with E-state index in [-0.39, 0.29) is 23.8 Å². The lowest BCUT2D eigenvalue weighted by atomic mass is 9.89. The molecule has 1 amide bonds. The third-order valence-electron chi connectivity index (χ3n) is 6.46. The van der Waals surface area contributed by atoms with Gasteiger partial charge in [0.1, 0.15) is 11.9 Å². The summed E-state index contributed by atoms with van der Waals surface area (Å²) in [6.45, 7) is 7.82. The Kier molecular flexibility index (Phi) is 7.26. The highest BCUT2D eigenvalue weighted by molar-refractivity contribution is 5.84. The number of nitrogens with zero attached hydrogens (tertiary/aromatic N) is 1. The van der Waals surface area contributed by atoms with E-state index in [1.165, 1.54) is 6.42 Å². The quantitative estimate of drug-likeness (QED) is 0.593. The van der Waals surface area contributed by atoms with Crippen LogP contribution in [0.15, 0.2) is 54.6 Å². The molecular weight excluding hydrogens is 400 g/mol. The number of rotatable bonds is 8. The second-order valence-corrected chi connectivity index (χ2v) is 9.98. The number of benzene rings is 2. The number of amides is 1. The third kappa shape index (κ3) is 5.69. The van der Waals surface area contributed by atoms with Crippen LogP contribution < -0.4 is 10.1 Å². The summed E-state index contributed by atoms with van der Waals surface area (Å²) >= 11 is 0. The molecule has 2 N–H and O–H groups in total. The Morgan fingerprint density at radius 3 is 2.38 bits per heavy atom. The van der Waals surface area contributed by atoms with Gasteiger partial charge in [-0.15, -0.1) is 0 Å². The van der Waals surface area contributed by atoms with Crippen LogP contribution in [0.4, 0.5) is 0 Å². The summed E-state index contributed by atoms with van der Waals surface area (Å²) < 4.78 is 6.23. The molecule has 0 radical (unpaired) electrons. The minimum atomic E-state index is -1.20. The van der Waals surface area contributed by atoms with Gasteiger partial charge in [0.05, 0.1) is 30.1 Å². The fourth-order valence-corrected chi connectivity index (χ4v) is 4.47. The van der Waals surface area contributed by atoms with Crippen LogP contribution in [0.1, 0.15) is 76.5 Å². The first-order valence-electron chi connectivity index (χ1n) is 11.3. The Labute approximate surface area is 191 Å². The van der Waals surface area contributed by atoms with Crippen molar-refractivity contribution in [2.75, 3.05) is 0 Å². The molecule has 3 rings (SSSR count). The Morgan fingerprint density at radius 2 is 1.84 bits per heavy atom. The van der Waals surface area contributed by atoms with Gasteiger partial charge < -0.3 is 15.2 Å². The van der Waals surface area contributed by atoms with Crippen LogP contribution in [0.2, 0.25) is 0 Å². The molecule has 1 saturated carbocycles. The molecular formula is C27H34N2O3. The SMILES string of the molecule is CC(C)(O)C(NC(=O)C(CC#N)c1ccccc1)c1ccc(OC2CCCC2(C)C)cc1. The molecule has 2 aromatic rings. The molecule has 3 atom stereocenters. The first-order chi connectivity index (χ1) is 15.1. The van der Waals surface area contributed by atoms with Crippen molar-refractivity contribution < 1.29 is 14.6 Å². The summed E-state index contributed by atoms with van der Waals surface area (Å²) in [6.07, 6.45) is 3.65. The molecule has 5 heteroatoms. The van der Waals surface area contributed by atoms with Crippen LogP contribution in [0.25, 0.3) is 0 Å². The van der Waals surface area contributed by atoms with Crippen molar-refractivity contribution in [1.29, 1.82) is 5.26 Å². The van der Waals surface area contributed by atoms with E-state index in [0.717, 1.165) is 29.7 Å². The molecule has 1 aliphatic carbocycles. The maximum atomic E-state index is 13.1. The fraction of sp³-hybridized carbons (Fsp3) is 0.481. The third-order valence-corrected chi connectivity index (χ3v) is 6.46. The van der Waals surface area contributed by atoms with Crippen molar-refractivity contribution in [3.05, 3.63) is 65.7 Å². The maximum Gasteiger partial charge on any atom is 0.229 e. The number of ether oxygens (including phenoxy) is 1. The van der Waals surface area contributed by atoms with Gasteiger partial charge >= 0.3 is 0 Å². The lowest BCUT2D eigenvalue weighted by Crippen LogP contribution is -2.43. The number of nitriles is 1. The predicted molar refractivity (Wildman–Crippen MR) is 125 cm³/mol. The van der Waals surface area contributed by atoms with E-state index < -0.39 is 17.6 Å². The van der Waals surface area contributed by atoms with Gasteiger partial charge in [-0.2, -0.15) is 5.26 Å². The molecule has 5 nitrogen and oxygen atoms in total. The van der Waals surface area contributed by atoms with Crippen molar-refractivity contribution in [3.63, 3.8) is 0 Å². The molecule has 2 aromatic carbocycles. The van der Waals surface area contributed by atoms with E-state index in [1.807, 2.05) is 54.6 Å². The lowest BCUT2D eigenvalue weighted by molar-refractivity contribution is -0.125. The molecule has 1 fully saturated rings. The molecule has 0 heterocycles. The zero-order valence-electron chi connectivity index (χ0n) is 19.5. The van der Waals surface area contributed by atoms with Gasteiger partial charge in [0, 0.05) is 5.41 Å². The number of hydrogen-bond donors (Lipinski definition) is 2. The van der Waals surface area contributed by atoms with Crippen LogP contribution in [0.5, 0.6) is 5.75 Å². The highest BCUT2D eigenvalue weighted by Crippen LogP contribution is 2.40. The highest BCUT2D eigenvalue weighted by Gasteiger charge is 2.36. The standard InChI is InChI=1S/C27H34N2O3/c1-26(2)17-8-11-23(26)32-21-14-12-20(13-15-21)24(27(3,4)31)29-25(30)22(16-18-28)19-9-6-5-7-10-19/h5-7,9-10,12-15,22-24,31H,8,11,16-17H2,1-4H3,(H,29,30). The zero-order chi connectivity index (χ0) is 23.4. The average Bonchev–Trinajstić information content (AvgIpc) is 3.08. The fourth-order valence-electron chi connectivity index (χ4n) is 4.47. The van der Waals surface area contributed by atoms with Crippen molar-refractivity contribution in [1.82, 2.24) is 5.32 Å². The van der Waals surface area contributed by atoms with Gasteiger partial charge in [0.15, 0.2) is 0 Å². The largest absolute Gasteiger partial charge is 0.490 e. The van der Waals surface area contributed by atoms with E-state index in [1.54, 1.807) is 13.8 Å². The molecule has 32 heavy (non-hydrogen) atoms. The second kappa shape index (κ2) is 9.75. The molecule has 0 spiro atoms. The van der Waals surface area contributed by atoms with Crippen molar-refractivity contribution in [3.8, 4) is 11.8 Å². The Bertz CT molecular complexity index is 940. The first-order valence-corrected chi connectivity index (χ1v) is 11.3. The number of aliphatic hydroxyl groups is 1. The van der Waals surface area contributed by atoms with Gasteiger partial charge in [-0.3, -0.25) is 4.79 Å². The van der Waals surface area contributed by atoms with Crippen molar-refractivity contribution in [2.24, 2.45) is 5.41 Å². The molecule has 0 aromatic heterocycles. The smallest absolute Gasteiger partial charge is 0.229 e. The Morgan fingerprint density at radius 1 is 1.19 bits per heavy atom. The summed E-state index contributed by atoms with van der Waals surface area (Å²) in [5.74, 6) is -0.0858. The predicted octanol–water partition coefficient (Wildman–Crippen LogP) is 5.27. The number of carbonyl (C=O) groups is 1. The summed E-state index contributed by atoms with van der Waals surface area (Å²) in [5.41, 5.74) is 0.533. The zero-order valence-corrected chi connectivity index (χ0v) is 19.5. The second-order valence-electron chi connectivity index (χ2n) is 9.98. The van der Waals surface area contributed by atoms with Gasteiger partial charge in [-0.05, 0) is 56.4 Å². The molecule has 0 aliphatic heterocycles. The van der Waals surface area contributed by atoms with Gasteiger partial charge in [0.25, 0.3) is 0 Å². The van der Waals surface area contributed by atoms with E-state index in [0.29, 0.717) is 0 Å². The van der Waals surface area contributed by atoms with Crippen LogP contribution in [0.3, 0.4) is 0 Å². The normalized spacial score (nSPS) is 19.6. The monoisotopic (exact) mass is 434 g/mol. The van der Waals surface area contributed by atoms with Crippen LogP contribution >= 0.6 is 0 Å². The molecule has 0 saturated heterocycles. The number of nitrogens with one attached hydrogen (secondary N) is 1. The Balaban J connectivity index is 1.78. The summed E-state index contributed by atoms with van der Waals surface area (Å²) in [4.78, 5) is 13.1. The number of carbonyl (C=O) groups excluding carboxylic acids is 1. The van der Waals surface area contributed by atoms with Gasteiger partial charge in [-0.25, -0.2) is 0 Å². The van der Waals surface area contributed by atoms with Crippen molar-refractivity contribution in [2.45, 2.75) is 77.0 Å².